The highest BCUT2D eigenvalue weighted by molar-refractivity contribution is 6.30. The predicted molar refractivity (Wildman–Crippen MR) is 112 cm³/mol. The number of methoxy groups -OCH3 is 1. The van der Waals surface area contributed by atoms with Crippen LogP contribution in [0.25, 0.3) is 5.69 Å². The largest absolute Gasteiger partial charge is 0.367 e. The second kappa shape index (κ2) is 8.87. The smallest absolute Gasteiger partial charge is 0.273 e. The minimum absolute atomic E-state index is 0.325. The molecule has 0 aliphatic heterocycles. The standard InChI is InChI=1S/C22H22ClN3O2/c1-15-12-18(16(2)26(15)20-11-7-10-19(23)13-20)14-24-25-22(27)21(28-3)17-8-5-4-6-9-17/h4-14,21H,1-3H3,(H,25,27)/b24-14-/t21-/m0/s1. The van der Waals surface area contributed by atoms with Crippen molar-refractivity contribution in [1.82, 2.24) is 9.99 Å². The monoisotopic (exact) mass is 395 g/mol. The second-order valence-electron chi connectivity index (χ2n) is 6.40. The first-order valence-electron chi connectivity index (χ1n) is 8.87. The molecule has 0 fully saturated rings. The molecule has 0 spiro atoms. The molecular formula is C22H22ClN3O2. The fraction of sp³-hybridized carbons (Fsp3) is 0.182. The summed E-state index contributed by atoms with van der Waals surface area (Å²) in [5.41, 5.74) is 7.28. The van der Waals surface area contributed by atoms with Gasteiger partial charge in [-0.3, -0.25) is 4.79 Å². The summed E-state index contributed by atoms with van der Waals surface area (Å²) >= 11 is 6.12. The zero-order valence-electron chi connectivity index (χ0n) is 16.0. The molecule has 3 aromatic rings. The predicted octanol–water partition coefficient (Wildman–Crippen LogP) is 4.59. The van der Waals surface area contributed by atoms with Crippen molar-refractivity contribution in [2.45, 2.75) is 20.0 Å². The third kappa shape index (κ3) is 4.32. The number of benzene rings is 2. The summed E-state index contributed by atoms with van der Waals surface area (Å²) in [6, 6.07) is 19.0. The number of aryl methyl sites for hydroxylation is 1. The highest BCUT2D eigenvalue weighted by Gasteiger charge is 2.19. The van der Waals surface area contributed by atoms with Gasteiger partial charge in [-0.1, -0.05) is 48.0 Å². The Morgan fingerprint density at radius 2 is 1.89 bits per heavy atom. The molecule has 1 heterocycles. The molecule has 0 bridgehead atoms. The topological polar surface area (TPSA) is 55.6 Å². The minimum Gasteiger partial charge on any atom is -0.367 e. The van der Waals surface area contributed by atoms with Gasteiger partial charge in [0.25, 0.3) is 5.91 Å². The molecule has 1 amide bonds. The molecule has 3 rings (SSSR count). The molecule has 0 aliphatic rings. The summed E-state index contributed by atoms with van der Waals surface area (Å²) < 4.78 is 7.41. The number of hydrogen-bond donors (Lipinski definition) is 1. The van der Waals surface area contributed by atoms with Crippen molar-refractivity contribution in [3.8, 4) is 5.69 Å². The Hall–Kier alpha value is -2.89. The fourth-order valence-electron chi connectivity index (χ4n) is 3.18. The summed E-state index contributed by atoms with van der Waals surface area (Å²) in [5.74, 6) is -0.325. The first-order valence-corrected chi connectivity index (χ1v) is 9.24. The minimum atomic E-state index is -0.711. The number of nitrogens with zero attached hydrogens (tertiary/aromatic N) is 2. The zero-order chi connectivity index (χ0) is 20.1. The van der Waals surface area contributed by atoms with Crippen LogP contribution in [-0.4, -0.2) is 23.8 Å². The Morgan fingerprint density at radius 3 is 2.57 bits per heavy atom. The van der Waals surface area contributed by atoms with Gasteiger partial charge in [-0.25, -0.2) is 5.43 Å². The summed E-state index contributed by atoms with van der Waals surface area (Å²) in [6.07, 6.45) is 0.927. The van der Waals surface area contributed by atoms with Crippen molar-refractivity contribution in [2.75, 3.05) is 7.11 Å². The van der Waals surface area contributed by atoms with Crippen LogP contribution in [0.4, 0.5) is 0 Å². The van der Waals surface area contributed by atoms with Crippen molar-refractivity contribution in [3.63, 3.8) is 0 Å². The van der Waals surface area contributed by atoms with Gasteiger partial charge in [0.1, 0.15) is 0 Å². The molecule has 0 saturated carbocycles. The summed E-state index contributed by atoms with van der Waals surface area (Å²) in [6.45, 7) is 4.01. The number of amides is 1. The first-order chi connectivity index (χ1) is 13.5. The molecule has 0 unspecified atom stereocenters. The number of halogens is 1. The van der Waals surface area contributed by atoms with Gasteiger partial charge in [0.2, 0.25) is 0 Å². The highest BCUT2D eigenvalue weighted by atomic mass is 35.5. The van der Waals surface area contributed by atoms with Crippen molar-refractivity contribution in [3.05, 3.63) is 88.2 Å². The molecule has 1 aromatic heterocycles. The average molecular weight is 396 g/mol. The van der Waals surface area contributed by atoms with Gasteiger partial charge in [-0.2, -0.15) is 5.10 Å². The van der Waals surface area contributed by atoms with Crippen LogP contribution in [0.1, 0.15) is 28.6 Å². The molecule has 0 saturated heterocycles. The maximum Gasteiger partial charge on any atom is 0.273 e. The van der Waals surface area contributed by atoms with E-state index in [1.165, 1.54) is 7.11 Å². The van der Waals surface area contributed by atoms with Gasteiger partial charge in [0, 0.05) is 34.8 Å². The van der Waals surface area contributed by atoms with Crippen LogP contribution >= 0.6 is 11.6 Å². The normalized spacial score (nSPS) is 12.3. The van der Waals surface area contributed by atoms with Crippen molar-refractivity contribution >= 4 is 23.7 Å². The van der Waals surface area contributed by atoms with Crippen molar-refractivity contribution in [2.24, 2.45) is 5.10 Å². The molecule has 1 atom stereocenters. The Bertz CT molecular complexity index is 996. The van der Waals surface area contributed by atoms with Crippen LogP contribution in [-0.2, 0) is 9.53 Å². The van der Waals surface area contributed by atoms with E-state index in [1.54, 1.807) is 6.21 Å². The van der Waals surface area contributed by atoms with Crippen LogP contribution < -0.4 is 5.43 Å². The van der Waals surface area contributed by atoms with Gasteiger partial charge in [-0.05, 0) is 43.7 Å². The number of hydrogen-bond acceptors (Lipinski definition) is 3. The van der Waals surface area contributed by atoms with E-state index < -0.39 is 6.10 Å². The lowest BCUT2D eigenvalue weighted by Crippen LogP contribution is -2.26. The van der Waals surface area contributed by atoms with Gasteiger partial charge in [0.15, 0.2) is 6.10 Å². The van der Waals surface area contributed by atoms with Crippen LogP contribution in [0.3, 0.4) is 0 Å². The van der Waals surface area contributed by atoms with Crippen molar-refractivity contribution in [1.29, 1.82) is 0 Å². The van der Waals surface area contributed by atoms with Crippen LogP contribution in [0.2, 0.25) is 5.02 Å². The van der Waals surface area contributed by atoms with Gasteiger partial charge >= 0.3 is 0 Å². The van der Waals surface area contributed by atoms with E-state index in [-0.39, 0.29) is 5.91 Å². The second-order valence-corrected chi connectivity index (χ2v) is 6.84. The van der Waals surface area contributed by atoms with Crippen molar-refractivity contribution < 1.29 is 9.53 Å². The van der Waals surface area contributed by atoms with E-state index in [0.717, 1.165) is 28.2 Å². The van der Waals surface area contributed by atoms with Gasteiger partial charge < -0.3 is 9.30 Å². The Morgan fingerprint density at radius 1 is 1.14 bits per heavy atom. The number of carbonyl (C=O) groups excluding carboxylic acids is 1. The van der Waals surface area contributed by atoms with E-state index in [2.05, 4.69) is 15.1 Å². The molecule has 5 nitrogen and oxygen atoms in total. The lowest BCUT2D eigenvalue weighted by Gasteiger charge is -2.13. The van der Waals surface area contributed by atoms with Crippen LogP contribution in [0.15, 0.2) is 65.8 Å². The quantitative estimate of drug-likeness (QED) is 0.490. The molecule has 2 aromatic carbocycles. The molecule has 6 heteroatoms. The fourth-order valence-corrected chi connectivity index (χ4v) is 3.36. The maximum atomic E-state index is 12.4. The summed E-state index contributed by atoms with van der Waals surface area (Å²) in [7, 11) is 1.50. The van der Waals surface area contributed by atoms with E-state index >= 15 is 0 Å². The molecule has 144 valence electrons. The molecular weight excluding hydrogens is 374 g/mol. The highest BCUT2D eigenvalue weighted by Crippen LogP contribution is 2.22. The Balaban J connectivity index is 1.76. The molecule has 1 N–H and O–H groups in total. The van der Waals surface area contributed by atoms with Gasteiger partial charge in [-0.15, -0.1) is 0 Å². The van der Waals surface area contributed by atoms with Crippen LogP contribution in [0, 0.1) is 13.8 Å². The average Bonchev–Trinajstić information content (AvgIpc) is 2.96. The summed E-state index contributed by atoms with van der Waals surface area (Å²) in [5, 5.41) is 4.80. The first kappa shape index (κ1) is 19.9. The third-order valence-electron chi connectivity index (χ3n) is 4.49. The maximum absolute atomic E-state index is 12.4. The summed E-state index contributed by atoms with van der Waals surface area (Å²) in [4.78, 5) is 12.4. The number of ether oxygens (including phenoxy) is 1. The van der Waals surface area contributed by atoms with E-state index in [1.807, 2.05) is 74.5 Å². The van der Waals surface area contributed by atoms with Crippen LogP contribution in [0.5, 0.6) is 0 Å². The third-order valence-corrected chi connectivity index (χ3v) is 4.73. The Labute approximate surface area is 169 Å². The zero-order valence-corrected chi connectivity index (χ0v) is 16.8. The SMILES string of the molecule is CO[C@H](C(=O)N/N=C\c1cc(C)n(-c2cccc(Cl)c2)c1C)c1ccccc1. The van der Waals surface area contributed by atoms with Gasteiger partial charge in [0.05, 0.1) is 6.21 Å². The number of carbonyl (C=O) groups is 1. The molecule has 0 aliphatic carbocycles. The number of hydrazone groups is 1. The lowest BCUT2D eigenvalue weighted by molar-refractivity contribution is -0.131. The van der Waals surface area contributed by atoms with E-state index in [4.69, 9.17) is 16.3 Å². The van der Waals surface area contributed by atoms with E-state index in [9.17, 15) is 4.79 Å². The van der Waals surface area contributed by atoms with E-state index in [0.29, 0.717) is 5.02 Å². The lowest BCUT2D eigenvalue weighted by atomic mass is 10.1. The number of nitrogens with one attached hydrogen (secondary N) is 1. The number of rotatable bonds is 6. The Kier molecular flexibility index (Phi) is 6.29. The number of aromatic nitrogens is 1. The molecule has 0 radical (unpaired) electrons. The molecule has 28 heavy (non-hydrogen) atoms.